The molecule has 3 heteroatoms. The fourth-order valence-electron chi connectivity index (χ4n) is 3.07. The second kappa shape index (κ2) is 7.54. The minimum absolute atomic E-state index is 0.0755. The van der Waals surface area contributed by atoms with E-state index in [1.807, 2.05) is 36.4 Å². The van der Waals surface area contributed by atoms with Crippen molar-refractivity contribution in [1.29, 1.82) is 0 Å². The number of benzene rings is 2. The Hall–Kier alpha value is -1.68. The molecule has 116 valence electrons. The van der Waals surface area contributed by atoms with Crippen molar-refractivity contribution in [2.45, 2.75) is 25.2 Å². The van der Waals surface area contributed by atoms with Gasteiger partial charge in [-0.05, 0) is 17.5 Å². The predicted octanol–water partition coefficient (Wildman–Crippen LogP) is 3.01. The summed E-state index contributed by atoms with van der Waals surface area (Å²) in [7, 11) is 0. The molecule has 1 fully saturated rings. The number of likely N-dealkylation sites (tertiary alicyclic amines) is 1. The second-order valence-corrected chi connectivity index (χ2v) is 5.81. The lowest BCUT2D eigenvalue weighted by molar-refractivity contribution is 0.0392. The topological polar surface area (TPSA) is 32.7 Å². The monoisotopic (exact) mass is 297 g/mol. The van der Waals surface area contributed by atoms with E-state index < -0.39 is 0 Å². The molecule has 2 atom stereocenters. The first-order chi connectivity index (χ1) is 10.9. The SMILES string of the molecule is OC[C@@H](c1ccccc1)N1CC[C@H](OCc2ccccc2)C1. The molecule has 3 nitrogen and oxygen atoms in total. The van der Waals surface area contributed by atoms with Crippen molar-refractivity contribution in [1.82, 2.24) is 4.90 Å². The van der Waals surface area contributed by atoms with Gasteiger partial charge in [-0.2, -0.15) is 0 Å². The van der Waals surface area contributed by atoms with Gasteiger partial charge >= 0.3 is 0 Å². The van der Waals surface area contributed by atoms with Crippen LogP contribution in [-0.2, 0) is 11.3 Å². The van der Waals surface area contributed by atoms with Crippen LogP contribution in [0.1, 0.15) is 23.6 Å². The molecule has 0 radical (unpaired) electrons. The lowest BCUT2D eigenvalue weighted by Gasteiger charge is -2.26. The van der Waals surface area contributed by atoms with Crippen LogP contribution in [0.25, 0.3) is 0 Å². The maximum absolute atomic E-state index is 9.75. The number of aliphatic hydroxyl groups excluding tert-OH is 1. The molecule has 3 rings (SSSR count). The van der Waals surface area contributed by atoms with Crippen molar-refractivity contribution in [2.24, 2.45) is 0 Å². The van der Waals surface area contributed by atoms with E-state index >= 15 is 0 Å². The maximum Gasteiger partial charge on any atom is 0.0721 e. The van der Waals surface area contributed by atoms with Gasteiger partial charge in [-0.15, -0.1) is 0 Å². The van der Waals surface area contributed by atoms with Gasteiger partial charge in [-0.1, -0.05) is 60.7 Å². The predicted molar refractivity (Wildman–Crippen MR) is 87.5 cm³/mol. The summed E-state index contributed by atoms with van der Waals surface area (Å²) in [5, 5.41) is 9.75. The maximum atomic E-state index is 9.75. The molecule has 22 heavy (non-hydrogen) atoms. The van der Waals surface area contributed by atoms with E-state index in [1.165, 1.54) is 11.1 Å². The molecular formula is C19H23NO2. The van der Waals surface area contributed by atoms with Gasteiger partial charge in [0, 0.05) is 13.1 Å². The van der Waals surface area contributed by atoms with Crippen molar-refractivity contribution in [3.8, 4) is 0 Å². The molecular weight excluding hydrogens is 274 g/mol. The van der Waals surface area contributed by atoms with E-state index in [-0.39, 0.29) is 18.8 Å². The number of nitrogens with zero attached hydrogens (tertiary/aromatic N) is 1. The molecule has 1 aliphatic heterocycles. The molecule has 0 aromatic heterocycles. The fourth-order valence-corrected chi connectivity index (χ4v) is 3.07. The average Bonchev–Trinajstić information content (AvgIpc) is 3.04. The van der Waals surface area contributed by atoms with Crippen molar-refractivity contribution >= 4 is 0 Å². The summed E-state index contributed by atoms with van der Waals surface area (Å²) in [5.41, 5.74) is 2.39. The van der Waals surface area contributed by atoms with Gasteiger partial charge in [0.15, 0.2) is 0 Å². The number of hydrogen-bond acceptors (Lipinski definition) is 3. The summed E-state index contributed by atoms with van der Waals surface area (Å²) in [6.07, 6.45) is 1.27. The van der Waals surface area contributed by atoms with Crippen LogP contribution in [0.3, 0.4) is 0 Å². The molecule has 0 bridgehead atoms. The molecule has 0 amide bonds. The van der Waals surface area contributed by atoms with Crippen LogP contribution < -0.4 is 0 Å². The first-order valence-corrected chi connectivity index (χ1v) is 7.92. The molecule has 0 saturated carbocycles. The molecule has 1 heterocycles. The highest BCUT2D eigenvalue weighted by Gasteiger charge is 2.29. The lowest BCUT2D eigenvalue weighted by atomic mass is 10.1. The molecule has 1 aliphatic rings. The number of aliphatic hydroxyl groups is 1. The van der Waals surface area contributed by atoms with Crippen LogP contribution >= 0.6 is 0 Å². The Bertz CT molecular complexity index is 558. The minimum atomic E-state index is 0.0755. The normalized spacial score (nSPS) is 20.1. The van der Waals surface area contributed by atoms with Gasteiger partial charge in [-0.3, -0.25) is 4.90 Å². The van der Waals surface area contributed by atoms with Gasteiger partial charge < -0.3 is 9.84 Å². The van der Waals surface area contributed by atoms with Gasteiger partial charge in [0.2, 0.25) is 0 Å². The zero-order valence-corrected chi connectivity index (χ0v) is 12.8. The number of hydrogen-bond donors (Lipinski definition) is 1. The quantitative estimate of drug-likeness (QED) is 0.889. The third-order valence-electron chi connectivity index (χ3n) is 4.30. The Morgan fingerprint density at radius 3 is 2.41 bits per heavy atom. The average molecular weight is 297 g/mol. The van der Waals surface area contributed by atoms with Gasteiger partial charge in [0.1, 0.15) is 0 Å². The Kier molecular flexibility index (Phi) is 5.22. The van der Waals surface area contributed by atoms with E-state index in [1.54, 1.807) is 0 Å². The van der Waals surface area contributed by atoms with E-state index in [9.17, 15) is 5.11 Å². The fraction of sp³-hybridized carbons (Fsp3) is 0.368. The van der Waals surface area contributed by atoms with Gasteiger partial charge in [0.25, 0.3) is 0 Å². The molecule has 0 aliphatic carbocycles. The Balaban J connectivity index is 1.55. The van der Waals surface area contributed by atoms with Crippen LogP contribution in [-0.4, -0.2) is 35.8 Å². The molecule has 2 aromatic carbocycles. The zero-order valence-electron chi connectivity index (χ0n) is 12.8. The van der Waals surface area contributed by atoms with E-state index in [4.69, 9.17) is 4.74 Å². The molecule has 1 N–H and O–H groups in total. The summed E-state index contributed by atoms with van der Waals surface area (Å²) >= 11 is 0. The van der Waals surface area contributed by atoms with E-state index in [0.717, 1.165) is 19.5 Å². The van der Waals surface area contributed by atoms with E-state index in [2.05, 4.69) is 29.2 Å². The smallest absolute Gasteiger partial charge is 0.0721 e. The summed E-state index contributed by atoms with van der Waals surface area (Å²) < 4.78 is 6.03. The van der Waals surface area contributed by atoms with Crippen LogP contribution in [0.5, 0.6) is 0 Å². The Morgan fingerprint density at radius 2 is 1.73 bits per heavy atom. The number of ether oxygens (including phenoxy) is 1. The van der Waals surface area contributed by atoms with E-state index in [0.29, 0.717) is 6.61 Å². The summed E-state index contributed by atoms with van der Waals surface area (Å²) in [4.78, 5) is 2.32. The Morgan fingerprint density at radius 1 is 1.05 bits per heavy atom. The second-order valence-electron chi connectivity index (χ2n) is 5.81. The Labute approximate surface area is 132 Å². The van der Waals surface area contributed by atoms with Crippen LogP contribution in [0, 0.1) is 0 Å². The summed E-state index contributed by atoms with van der Waals surface area (Å²) in [6.45, 7) is 2.66. The first kappa shape index (κ1) is 15.2. The van der Waals surface area contributed by atoms with Crippen molar-refractivity contribution in [2.75, 3.05) is 19.7 Å². The van der Waals surface area contributed by atoms with Crippen LogP contribution in [0.4, 0.5) is 0 Å². The molecule has 2 aromatic rings. The highest BCUT2D eigenvalue weighted by Crippen LogP contribution is 2.26. The van der Waals surface area contributed by atoms with Crippen LogP contribution in [0.2, 0.25) is 0 Å². The number of rotatable bonds is 6. The summed E-state index contributed by atoms with van der Waals surface area (Å²) in [5.74, 6) is 0. The minimum Gasteiger partial charge on any atom is -0.394 e. The summed E-state index contributed by atoms with van der Waals surface area (Å²) in [6, 6.07) is 20.6. The largest absolute Gasteiger partial charge is 0.394 e. The van der Waals surface area contributed by atoms with Gasteiger partial charge in [-0.25, -0.2) is 0 Å². The van der Waals surface area contributed by atoms with Crippen molar-refractivity contribution in [3.05, 3.63) is 71.8 Å². The first-order valence-electron chi connectivity index (χ1n) is 7.92. The third kappa shape index (κ3) is 3.74. The van der Waals surface area contributed by atoms with Crippen molar-refractivity contribution < 1.29 is 9.84 Å². The molecule has 0 unspecified atom stereocenters. The molecule has 1 saturated heterocycles. The highest BCUT2D eigenvalue weighted by molar-refractivity contribution is 5.19. The molecule has 0 spiro atoms. The zero-order chi connectivity index (χ0) is 15.2. The highest BCUT2D eigenvalue weighted by atomic mass is 16.5. The van der Waals surface area contributed by atoms with Gasteiger partial charge in [0.05, 0.1) is 25.4 Å². The standard InChI is InChI=1S/C19H23NO2/c21-14-19(17-9-5-2-6-10-17)20-12-11-18(13-20)22-15-16-7-3-1-4-8-16/h1-10,18-19,21H,11-15H2/t18-,19-/m0/s1. The van der Waals surface area contributed by atoms with Crippen LogP contribution in [0.15, 0.2) is 60.7 Å². The third-order valence-corrected chi connectivity index (χ3v) is 4.30. The lowest BCUT2D eigenvalue weighted by Crippen LogP contribution is -2.30. The van der Waals surface area contributed by atoms with Crippen molar-refractivity contribution in [3.63, 3.8) is 0 Å².